The molecule has 0 aliphatic carbocycles. The fourth-order valence-corrected chi connectivity index (χ4v) is 1.48. The third-order valence-electron chi connectivity index (χ3n) is 2.56. The van der Waals surface area contributed by atoms with E-state index in [1.165, 1.54) is 18.2 Å². The number of nitrogens with one attached hydrogen (secondary N) is 2. The lowest BCUT2D eigenvalue weighted by Gasteiger charge is -2.29. The van der Waals surface area contributed by atoms with Crippen LogP contribution in [0.4, 0.5) is 10.1 Å². The number of hydrogen-bond acceptors (Lipinski definition) is 4. The van der Waals surface area contributed by atoms with Crippen LogP contribution in [0, 0.1) is 11.2 Å². The summed E-state index contributed by atoms with van der Waals surface area (Å²) >= 11 is 0. The molecule has 0 spiro atoms. The van der Waals surface area contributed by atoms with Crippen LogP contribution >= 0.6 is 0 Å². The van der Waals surface area contributed by atoms with Crippen LogP contribution in [0.5, 0.6) is 5.75 Å². The molecule has 4 N–H and O–H groups in total. The van der Waals surface area contributed by atoms with Crippen molar-refractivity contribution in [2.45, 2.75) is 6.10 Å². The summed E-state index contributed by atoms with van der Waals surface area (Å²) < 4.78 is 23.8. The van der Waals surface area contributed by atoms with E-state index < -0.39 is 5.82 Å². The van der Waals surface area contributed by atoms with Crippen LogP contribution in [-0.4, -0.2) is 32.3 Å². The molecule has 0 amide bonds. The van der Waals surface area contributed by atoms with Crippen molar-refractivity contribution in [3.05, 3.63) is 24.0 Å². The summed E-state index contributed by atoms with van der Waals surface area (Å²) in [7, 11) is 1.58. The van der Waals surface area contributed by atoms with Gasteiger partial charge < -0.3 is 14.8 Å². The highest BCUT2D eigenvalue weighted by atomic mass is 19.1. The van der Waals surface area contributed by atoms with Gasteiger partial charge in [-0.25, -0.2) is 15.2 Å². The predicted octanol–water partition coefficient (Wildman–Crippen LogP) is 0.438. The molecule has 1 aliphatic rings. The van der Waals surface area contributed by atoms with Crippen molar-refractivity contribution in [3.8, 4) is 5.75 Å². The second kappa shape index (κ2) is 5.19. The quantitative estimate of drug-likeness (QED) is 0.315. The fraction of sp³-hybridized carbons (Fsp3) is 0.364. The van der Waals surface area contributed by atoms with Gasteiger partial charge in [0.25, 0.3) is 0 Å². The molecular weight excluding hydrogens is 239 g/mol. The molecule has 98 valence electrons. The monoisotopic (exact) mass is 254 g/mol. The second-order valence-corrected chi connectivity index (χ2v) is 3.86. The number of anilines is 1. The van der Waals surface area contributed by atoms with Crippen LogP contribution in [0.3, 0.4) is 0 Å². The molecule has 0 saturated carbocycles. The van der Waals surface area contributed by atoms with E-state index in [4.69, 9.17) is 20.7 Å². The molecule has 0 aromatic heterocycles. The third-order valence-corrected chi connectivity index (χ3v) is 2.56. The standard InChI is InChI=1S/C11H15FN4O2/c1-15-11(13)16(14)9-3-2-7(12)4-10(9)18-8-5-17-6-8/h2-4,8H,5-6,14H2,1H3,(H2,13,15). The van der Waals surface area contributed by atoms with Gasteiger partial charge in [0.2, 0.25) is 5.96 Å². The molecule has 2 rings (SSSR count). The molecule has 18 heavy (non-hydrogen) atoms. The maximum atomic E-state index is 13.2. The molecule has 0 bridgehead atoms. The Balaban J connectivity index is 2.24. The van der Waals surface area contributed by atoms with Gasteiger partial charge in [0.1, 0.15) is 23.4 Å². The Morgan fingerprint density at radius 2 is 2.33 bits per heavy atom. The summed E-state index contributed by atoms with van der Waals surface area (Å²) in [6.45, 7) is 0.952. The molecular formula is C11H15FN4O2. The molecule has 1 saturated heterocycles. The lowest BCUT2D eigenvalue weighted by molar-refractivity contribution is -0.0795. The zero-order valence-corrected chi connectivity index (χ0v) is 9.94. The van der Waals surface area contributed by atoms with Gasteiger partial charge in [0.05, 0.1) is 13.2 Å². The number of ether oxygens (including phenoxy) is 2. The minimum Gasteiger partial charge on any atom is -0.483 e. The fourth-order valence-electron chi connectivity index (χ4n) is 1.48. The smallest absolute Gasteiger partial charge is 0.210 e. The highest BCUT2D eigenvalue weighted by molar-refractivity contribution is 5.93. The zero-order chi connectivity index (χ0) is 13.1. The Morgan fingerprint density at radius 1 is 1.61 bits per heavy atom. The van der Waals surface area contributed by atoms with Gasteiger partial charge in [0.15, 0.2) is 0 Å². The predicted molar refractivity (Wildman–Crippen MR) is 65.1 cm³/mol. The van der Waals surface area contributed by atoms with Crippen molar-refractivity contribution in [2.24, 2.45) is 5.84 Å². The molecule has 1 aromatic carbocycles. The van der Waals surface area contributed by atoms with E-state index in [0.717, 1.165) is 5.01 Å². The SMILES string of the molecule is CNC(=N)N(N)c1ccc(F)cc1OC1COC1. The number of hydrazine groups is 1. The largest absolute Gasteiger partial charge is 0.483 e. The number of rotatable bonds is 3. The first kappa shape index (κ1) is 12.6. The summed E-state index contributed by atoms with van der Waals surface area (Å²) in [6.07, 6.45) is -0.0947. The number of nitrogens with two attached hydrogens (primary N) is 1. The van der Waals surface area contributed by atoms with Gasteiger partial charge in [-0.3, -0.25) is 5.41 Å². The van der Waals surface area contributed by atoms with Crippen LogP contribution in [-0.2, 0) is 4.74 Å². The van der Waals surface area contributed by atoms with Gasteiger partial charge in [-0.15, -0.1) is 0 Å². The van der Waals surface area contributed by atoms with E-state index in [9.17, 15) is 4.39 Å². The van der Waals surface area contributed by atoms with Gasteiger partial charge in [0, 0.05) is 13.1 Å². The van der Waals surface area contributed by atoms with Gasteiger partial charge in [-0.2, -0.15) is 0 Å². The second-order valence-electron chi connectivity index (χ2n) is 3.86. The molecule has 7 heteroatoms. The van der Waals surface area contributed by atoms with E-state index in [1.807, 2.05) is 0 Å². The lowest BCUT2D eigenvalue weighted by atomic mass is 10.2. The molecule has 0 radical (unpaired) electrons. The number of benzene rings is 1. The minimum absolute atomic E-state index is 0.0173. The van der Waals surface area contributed by atoms with Crippen molar-refractivity contribution in [3.63, 3.8) is 0 Å². The molecule has 1 heterocycles. The molecule has 1 aliphatic heterocycles. The molecule has 6 nitrogen and oxygen atoms in total. The number of halogens is 1. The Bertz CT molecular complexity index is 451. The van der Waals surface area contributed by atoms with Gasteiger partial charge in [-0.1, -0.05) is 0 Å². The van der Waals surface area contributed by atoms with Crippen LogP contribution in [0.2, 0.25) is 0 Å². The zero-order valence-electron chi connectivity index (χ0n) is 9.94. The van der Waals surface area contributed by atoms with E-state index >= 15 is 0 Å². The maximum Gasteiger partial charge on any atom is 0.210 e. The normalized spacial score (nSPS) is 14.8. The van der Waals surface area contributed by atoms with Crippen LogP contribution in [0.25, 0.3) is 0 Å². The first-order valence-electron chi connectivity index (χ1n) is 5.47. The van der Waals surface area contributed by atoms with Gasteiger partial charge in [-0.05, 0) is 12.1 Å². The summed E-state index contributed by atoms with van der Waals surface area (Å²) in [5.41, 5.74) is 0.419. The summed E-state index contributed by atoms with van der Waals surface area (Å²) in [4.78, 5) is 0. The number of guanidine groups is 1. The Morgan fingerprint density at radius 3 is 2.89 bits per heavy atom. The van der Waals surface area contributed by atoms with Crippen molar-refractivity contribution in [2.75, 3.05) is 25.3 Å². The third kappa shape index (κ3) is 2.52. The van der Waals surface area contributed by atoms with Crippen LogP contribution in [0.15, 0.2) is 18.2 Å². The van der Waals surface area contributed by atoms with Crippen molar-refractivity contribution < 1.29 is 13.9 Å². The van der Waals surface area contributed by atoms with Crippen LogP contribution < -0.4 is 20.9 Å². The summed E-state index contributed by atoms with van der Waals surface area (Å²) in [5.74, 6) is 5.61. The molecule has 1 fully saturated rings. The van der Waals surface area contributed by atoms with E-state index in [-0.39, 0.29) is 12.1 Å². The highest BCUT2D eigenvalue weighted by Crippen LogP contribution is 2.29. The van der Waals surface area contributed by atoms with E-state index in [0.29, 0.717) is 24.7 Å². The molecule has 1 aromatic rings. The summed E-state index contributed by atoms with van der Waals surface area (Å²) in [5, 5.41) is 11.3. The average Bonchev–Trinajstić information content (AvgIpc) is 2.32. The Labute approximate surface area is 104 Å². The van der Waals surface area contributed by atoms with E-state index in [1.54, 1.807) is 7.05 Å². The molecule has 0 atom stereocenters. The number of nitrogens with zero attached hydrogens (tertiary/aromatic N) is 1. The Hall–Kier alpha value is -1.86. The highest BCUT2D eigenvalue weighted by Gasteiger charge is 2.23. The van der Waals surface area contributed by atoms with Gasteiger partial charge >= 0.3 is 0 Å². The topological polar surface area (TPSA) is 83.6 Å². The lowest BCUT2D eigenvalue weighted by Crippen LogP contribution is -2.45. The Kier molecular flexibility index (Phi) is 3.63. The van der Waals surface area contributed by atoms with E-state index in [2.05, 4.69) is 5.32 Å². The average molecular weight is 254 g/mol. The molecule has 0 unspecified atom stereocenters. The first-order chi connectivity index (χ1) is 8.61. The first-order valence-corrected chi connectivity index (χ1v) is 5.47. The summed E-state index contributed by atoms with van der Waals surface area (Å²) in [6, 6.07) is 3.98. The van der Waals surface area contributed by atoms with Crippen molar-refractivity contribution in [1.29, 1.82) is 5.41 Å². The van der Waals surface area contributed by atoms with Crippen molar-refractivity contribution >= 4 is 11.6 Å². The van der Waals surface area contributed by atoms with Crippen LogP contribution in [0.1, 0.15) is 0 Å². The van der Waals surface area contributed by atoms with Crippen molar-refractivity contribution in [1.82, 2.24) is 5.32 Å². The minimum atomic E-state index is -0.418. The number of hydrogen-bond donors (Lipinski definition) is 3. The maximum absolute atomic E-state index is 13.2.